The van der Waals surface area contributed by atoms with Gasteiger partial charge >= 0.3 is 0 Å². The second-order valence-corrected chi connectivity index (χ2v) is 5.35. The lowest BCUT2D eigenvalue weighted by molar-refractivity contribution is -0.0119. The summed E-state index contributed by atoms with van der Waals surface area (Å²) in [4.78, 5) is 10.9. The molecule has 3 heterocycles. The lowest BCUT2D eigenvalue weighted by atomic mass is 9.89. The summed E-state index contributed by atoms with van der Waals surface area (Å²) >= 11 is 0. The van der Waals surface area contributed by atoms with Gasteiger partial charge in [0.05, 0.1) is 18.3 Å². The molecule has 1 spiro atoms. The Balaban J connectivity index is 1.69. The monoisotopic (exact) mass is 263 g/mol. The molecule has 0 N–H and O–H groups in total. The molecule has 0 aliphatic carbocycles. The predicted molar refractivity (Wildman–Crippen MR) is 72.2 cm³/mol. The molecule has 3 rings (SSSR count). The van der Waals surface area contributed by atoms with Crippen molar-refractivity contribution in [1.29, 1.82) is 0 Å². The number of piperidine rings is 1. The highest BCUT2D eigenvalue weighted by atomic mass is 16.6. The minimum atomic E-state index is -0.0582. The number of rotatable bonds is 3. The van der Waals surface area contributed by atoms with Gasteiger partial charge in [-0.15, -0.1) is 0 Å². The first-order chi connectivity index (χ1) is 9.31. The van der Waals surface area contributed by atoms with Gasteiger partial charge in [-0.1, -0.05) is 0 Å². The first-order valence-electron chi connectivity index (χ1n) is 7.09. The van der Waals surface area contributed by atoms with E-state index in [0.717, 1.165) is 51.5 Å². The number of hydrogen-bond acceptors (Lipinski definition) is 5. The fourth-order valence-corrected chi connectivity index (χ4v) is 3.15. The number of nitrogens with zero attached hydrogens (tertiary/aromatic N) is 3. The summed E-state index contributed by atoms with van der Waals surface area (Å²) in [6, 6.07) is 1.85. The molecule has 1 aromatic heterocycles. The molecule has 0 amide bonds. The number of anilines is 1. The van der Waals surface area contributed by atoms with Crippen molar-refractivity contribution in [1.82, 2.24) is 9.97 Å². The third-order valence-corrected chi connectivity index (χ3v) is 3.95. The highest BCUT2D eigenvalue weighted by molar-refractivity contribution is 5.31. The predicted octanol–water partition coefficient (Wildman–Crippen LogP) is 1.64. The van der Waals surface area contributed by atoms with Gasteiger partial charge in [-0.05, 0) is 25.8 Å². The normalized spacial score (nSPS) is 31.0. The van der Waals surface area contributed by atoms with Gasteiger partial charge in [-0.25, -0.2) is 9.97 Å². The average Bonchev–Trinajstić information content (AvgIpc) is 2.83. The first kappa shape index (κ1) is 12.8. The van der Waals surface area contributed by atoms with Crippen LogP contribution in [0.5, 0.6) is 0 Å². The van der Waals surface area contributed by atoms with Crippen molar-refractivity contribution in [3.8, 4) is 0 Å². The van der Waals surface area contributed by atoms with E-state index in [1.54, 1.807) is 12.4 Å². The summed E-state index contributed by atoms with van der Waals surface area (Å²) in [6.45, 7) is 5.40. The van der Waals surface area contributed by atoms with Crippen molar-refractivity contribution in [3.63, 3.8) is 0 Å². The van der Waals surface area contributed by atoms with E-state index < -0.39 is 0 Å². The second-order valence-electron chi connectivity index (χ2n) is 5.35. The molecule has 19 heavy (non-hydrogen) atoms. The molecule has 5 nitrogen and oxygen atoms in total. The third-order valence-electron chi connectivity index (χ3n) is 3.95. The van der Waals surface area contributed by atoms with Gasteiger partial charge in [0.2, 0.25) is 5.95 Å². The summed E-state index contributed by atoms with van der Waals surface area (Å²) in [5.74, 6) is 0.810. The summed E-state index contributed by atoms with van der Waals surface area (Å²) in [7, 11) is 0. The van der Waals surface area contributed by atoms with E-state index >= 15 is 0 Å². The molecule has 2 atom stereocenters. The van der Waals surface area contributed by atoms with Crippen LogP contribution in [0.4, 0.5) is 5.95 Å². The lowest BCUT2D eigenvalue weighted by Gasteiger charge is -2.39. The first-order valence-corrected chi connectivity index (χ1v) is 7.09. The Morgan fingerprint density at radius 3 is 3.11 bits per heavy atom. The van der Waals surface area contributed by atoms with Crippen LogP contribution in [0.2, 0.25) is 0 Å². The largest absolute Gasteiger partial charge is 0.376 e. The van der Waals surface area contributed by atoms with Gasteiger partial charge in [0.15, 0.2) is 0 Å². The van der Waals surface area contributed by atoms with E-state index in [0.29, 0.717) is 0 Å². The smallest absolute Gasteiger partial charge is 0.225 e. The number of hydrogen-bond donors (Lipinski definition) is 0. The van der Waals surface area contributed by atoms with Crippen LogP contribution in [-0.4, -0.2) is 48.0 Å². The van der Waals surface area contributed by atoms with E-state index in [9.17, 15) is 0 Å². The van der Waals surface area contributed by atoms with Gasteiger partial charge < -0.3 is 14.4 Å². The third kappa shape index (κ3) is 2.72. The van der Waals surface area contributed by atoms with E-state index in [4.69, 9.17) is 9.47 Å². The van der Waals surface area contributed by atoms with Crippen molar-refractivity contribution < 1.29 is 9.47 Å². The maximum atomic E-state index is 6.08. The Hall–Kier alpha value is -1.20. The van der Waals surface area contributed by atoms with Crippen LogP contribution in [-0.2, 0) is 9.47 Å². The Kier molecular flexibility index (Phi) is 3.66. The van der Waals surface area contributed by atoms with Crippen LogP contribution in [0, 0.1) is 0 Å². The minimum absolute atomic E-state index is 0.0582. The Morgan fingerprint density at radius 1 is 1.47 bits per heavy atom. The molecule has 2 saturated heterocycles. The van der Waals surface area contributed by atoms with Crippen LogP contribution < -0.4 is 4.90 Å². The fourth-order valence-electron chi connectivity index (χ4n) is 3.15. The van der Waals surface area contributed by atoms with E-state index in [2.05, 4.69) is 14.9 Å². The zero-order valence-corrected chi connectivity index (χ0v) is 11.4. The van der Waals surface area contributed by atoms with Crippen LogP contribution in [0.1, 0.15) is 26.2 Å². The van der Waals surface area contributed by atoms with Crippen LogP contribution in [0.3, 0.4) is 0 Å². The molecular weight excluding hydrogens is 242 g/mol. The van der Waals surface area contributed by atoms with E-state index in [1.807, 2.05) is 13.0 Å². The summed E-state index contributed by atoms with van der Waals surface area (Å²) in [5, 5.41) is 0. The topological polar surface area (TPSA) is 47.5 Å². The standard InChI is InChI=1S/C14H21N3O2/c1-2-18-12-9-14(19-10-12)5-3-8-17(11-14)13-15-6-4-7-16-13/h4,6-7,12H,2-3,5,8-11H2,1H3/t12-,14+/m0/s1. The molecule has 104 valence electrons. The van der Waals surface area contributed by atoms with Gasteiger partial charge in [0.1, 0.15) is 0 Å². The zero-order chi connectivity index (χ0) is 13.1. The van der Waals surface area contributed by atoms with Crippen molar-refractivity contribution in [2.75, 3.05) is 31.2 Å². The second kappa shape index (κ2) is 5.43. The van der Waals surface area contributed by atoms with Crippen LogP contribution in [0.25, 0.3) is 0 Å². The average molecular weight is 263 g/mol. The molecule has 2 aliphatic rings. The highest BCUT2D eigenvalue weighted by Gasteiger charge is 2.44. The highest BCUT2D eigenvalue weighted by Crippen LogP contribution is 2.36. The molecular formula is C14H21N3O2. The van der Waals surface area contributed by atoms with Gasteiger partial charge in [-0.2, -0.15) is 0 Å². The molecule has 5 heteroatoms. The number of ether oxygens (including phenoxy) is 2. The summed E-state index contributed by atoms with van der Waals surface area (Å²) < 4.78 is 11.8. The molecule has 0 radical (unpaired) electrons. The molecule has 0 unspecified atom stereocenters. The van der Waals surface area contributed by atoms with Crippen LogP contribution in [0.15, 0.2) is 18.5 Å². The Bertz CT molecular complexity index is 414. The Labute approximate surface area is 113 Å². The SMILES string of the molecule is CCO[C@@H]1CO[C@]2(CCCN(c3ncccn3)C2)C1. The molecule has 0 aromatic carbocycles. The van der Waals surface area contributed by atoms with Gasteiger partial charge in [0, 0.05) is 38.5 Å². The Morgan fingerprint density at radius 2 is 2.32 bits per heavy atom. The maximum absolute atomic E-state index is 6.08. The van der Waals surface area contributed by atoms with Crippen molar-refractivity contribution >= 4 is 5.95 Å². The molecule has 0 saturated carbocycles. The zero-order valence-electron chi connectivity index (χ0n) is 11.4. The van der Waals surface area contributed by atoms with Crippen molar-refractivity contribution in [3.05, 3.63) is 18.5 Å². The summed E-state index contributed by atoms with van der Waals surface area (Å²) in [6.07, 6.45) is 7.06. The molecule has 2 aliphatic heterocycles. The number of aromatic nitrogens is 2. The van der Waals surface area contributed by atoms with Gasteiger partial charge in [-0.3, -0.25) is 0 Å². The lowest BCUT2D eigenvalue weighted by Crippen LogP contribution is -2.48. The molecule has 2 fully saturated rings. The molecule has 1 aromatic rings. The quantitative estimate of drug-likeness (QED) is 0.829. The van der Waals surface area contributed by atoms with Crippen LogP contribution >= 0.6 is 0 Å². The summed E-state index contributed by atoms with van der Waals surface area (Å²) in [5.41, 5.74) is -0.0582. The van der Waals surface area contributed by atoms with E-state index in [1.165, 1.54) is 0 Å². The van der Waals surface area contributed by atoms with Crippen molar-refractivity contribution in [2.45, 2.75) is 37.9 Å². The van der Waals surface area contributed by atoms with E-state index in [-0.39, 0.29) is 11.7 Å². The minimum Gasteiger partial charge on any atom is -0.376 e. The van der Waals surface area contributed by atoms with Crippen molar-refractivity contribution in [2.24, 2.45) is 0 Å². The molecule has 0 bridgehead atoms. The maximum Gasteiger partial charge on any atom is 0.225 e. The van der Waals surface area contributed by atoms with Gasteiger partial charge in [0.25, 0.3) is 0 Å². The fraction of sp³-hybridized carbons (Fsp3) is 0.714.